The molecule has 6 heteroatoms. The van der Waals surface area contributed by atoms with Gasteiger partial charge in [0.05, 0.1) is 10.9 Å². The van der Waals surface area contributed by atoms with Crippen LogP contribution < -0.4 is 15.0 Å². The van der Waals surface area contributed by atoms with Crippen LogP contribution in [0.5, 0.6) is 23.0 Å². The lowest BCUT2D eigenvalue weighted by atomic mass is 10.0. The molecular weight excluding hydrogens is 310 g/mol. The molecule has 0 bridgehead atoms. The van der Waals surface area contributed by atoms with Gasteiger partial charge in [0.25, 0.3) is 5.56 Å². The first-order valence-corrected chi connectivity index (χ1v) is 7.36. The molecule has 6 nitrogen and oxygen atoms in total. The van der Waals surface area contributed by atoms with Crippen molar-refractivity contribution in [2.75, 3.05) is 6.79 Å². The number of benzene rings is 3. The van der Waals surface area contributed by atoms with Crippen LogP contribution in [0.1, 0.15) is 0 Å². The molecule has 1 aromatic heterocycles. The maximum absolute atomic E-state index is 12.4. The van der Waals surface area contributed by atoms with Gasteiger partial charge in [-0.25, -0.2) is 0 Å². The van der Waals surface area contributed by atoms with Crippen molar-refractivity contribution in [1.29, 1.82) is 0 Å². The van der Waals surface area contributed by atoms with Crippen LogP contribution in [0.25, 0.3) is 32.4 Å². The molecule has 24 heavy (non-hydrogen) atoms. The number of phenolic OH excluding ortho intramolecular Hbond substituents is 2. The molecule has 1 aliphatic heterocycles. The van der Waals surface area contributed by atoms with E-state index in [9.17, 15) is 15.0 Å². The topological polar surface area (TPSA) is 91.8 Å². The standard InChI is InChI=1S/C18H11NO5/c20-13-4-11-9-2-1-8-3-15-16(24-7-23-15)6-10(8)17(9)19-18(22)12(11)5-14(13)21/h1-6,20-21H,7H2,(H,19,22). The summed E-state index contributed by atoms with van der Waals surface area (Å²) in [6.45, 7) is 0.177. The number of fused-ring (bicyclic) bond motifs is 6. The Labute approximate surface area is 134 Å². The van der Waals surface area contributed by atoms with Crippen LogP contribution in [0.15, 0.2) is 41.2 Å². The molecule has 3 aromatic carbocycles. The predicted molar refractivity (Wildman–Crippen MR) is 89.0 cm³/mol. The lowest BCUT2D eigenvalue weighted by molar-refractivity contribution is 0.174. The molecule has 3 N–H and O–H groups in total. The van der Waals surface area contributed by atoms with Gasteiger partial charge in [0.15, 0.2) is 23.0 Å². The second kappa shape index (κ2) is 4.32. The normalized spacial score (nSPS) is 13.2. The first-order valence-electron chi connectivity index (χ1n) is 7.36. The maximum Gasteiger partial charge on any atom is 0.256 e. The molecule has 0 saturated heterocycles. The maximum atomic E-state index is 12.4. The van der Waals surface area contributed by atoms with Crippen molar-refractivity contribution in [1.82, 2.24) is 4.98 Å². The first kappa shape index (κ1) is 13.1. The van der Waals surface area contributed by atoms with Gasteiger partial charge in [-0.3, -0.25) is 4.79 Å². The van der Waals surface area contributed by atoms with Gasteiger partial charge in [-0.2, -0.15) is 0 Å². The molecule has 118 valence electrons. The number of aromatic amines is 1. The second-order valence-corrected chi connectivity index (χ2v) is 5.76. The Bertz CT molecular complexity index is 1230. The minimum atomic E-state index is -0.335. The van der Waals surface area contributed by atoms with E-state index in [1.165, 1.54) is 12.1 Å². The Kier molecular flexibility index (Phi) is 2.35. The highest BCUT2D eigenvalue weighted by molar-refractivity contribution is 6.15. The highest BCUT2D eigenvalue weighted by atomic mass is 16.7. The van der Waals surface area contributed by atoms with Crippen LogP contribution in [0, 0.1) is 0 Å². The lowest BCUT2D eigenvalue weighted by Gasteiger charge is -2.09. The van der Waals surface area contributed by atoms with Gasteiger partial charge in [0, 0.05) is 16.2 Å². The summed E-state index contributed by atoms with van der Waals surface area (Å²) < 4.78 is 10.8. The van der Waals surface area contributed by atoms with E-state index in [1.807, 2.05) is 24.3 Å². The molecule has 0 atom stereocenters. The molecule has 0 amide bonds. The molecule has 4 aromatic rings. The van der Waals surface area contributed by atoms with Crippen molar-refractivity contribution in [2.24, 2.45) is 0 Å². The molecule has 1 aliphatic rings. The average molecular weight is 321 g/mol. The number of aromatic hydroxyl groups is 2. The van der Waals surface area contributed by atoms with Crippen molar-refractivity contribution in [3.05, 3.63) is 46.8 Å². The Morgan fingerprint density at radius 3 is 2.33 bits per heavy atom. The second-order valence-electron chi connectivity index (χ2n) is 5.76. The van der Waals surface area contributed by atoms with Gasteiger partial charge >= 0.3 is 0 Å². The van der Waals surface area contributed by atoms with E-state index in [4.69, 9.17) is 9.47 Å². The molecule has 0 saturated carbocycles. The number of hydrogen-bond donors (Lipinski definition) is 3. The van der Waals surface area contributed by atoms with Gasteiger partial charge in [0.2, 0.25) is 6.79 Å². The fourth-order valence-electron chi connectivity index (χ4n) is 3.24. The summed E-state index contributed by atoms with van der Waals surface area (Å²) in [5.74, 6) is 0.716. The van der Waals surface area contributed by atoms with E-state index in [0.29, 0.717) is 27.8 Å². The van der Waals surface area contributed by atoms with Gasteiger partial charge in [-0.05, 0) is 29.7 Å². The Morgan fingerprint density at radius 2 is 1.54 bits per heavy atom. The molecule has 5 rings (SSSR count). The number of nitrogens with one attached hydrogen (secondary N) is 1. The van der Waals surface area contributed by atoms with Crippen LogP contribution in [0.2, 0.25) is 0 Å². The van der Waals surface area contributed by atoms with E-state index in [0.717, 1.165) is 16.2 Å². The molecule has 0 radical (unpaired) electrons. The number of hydrogen-bond acceptors (Lipinski definition) is 5. The average Bonchev–Trinajstić information content (AvgIpc) is 3.02. The van der Waals surface area contributed by atoms with Crippen LogP contribution in [0.4, 0.5) is 0 Å². The number of rotatable bonds is 0. The number of aromatic nitrogens is 1. The molecule has 2 heterocycles. The smallest absolute Gasteiger partial charge is 0.256 e. The van der Waals surface area contributed by atoms with Crippen molar-refractivity contribution in [3.8, 4) is 23.0 Å². The highest BCUT2D eigenvalue weighted by Crippen LogP contribution is 2.39. The number of ether oxygens (including phenoxy) is 2. The zero-order valence-corrected chi connectivity index (χ0v) is 12.3. The van der Waals surface area contributed by atoms with Crippen LogP contribution in [-0.4, -0.2) is 22.0 Å². The monoisotopic (exact) mass is 321 g/mol. The third-order valence-electron chi connectivity index (χ3n) is 4.40. The molecule has 0 fully saturated rings. The van der Waals surface area contributed by atoms with Crippen LogP contribution in [-0.2, 0) is 0 Å². The largest absolute Gasteiger partial charge is 0.504 e. The van der Waals surface area contributed by atoms with E-state index in [-0.39, 0.29) is 23.9 Å². The minimum Gasteiger partial charge on any atom is -0.504 e. The van der Waals surface area contributed by atoms with Gasteiger partial charge in [0.1, 0.15) is 0 Å². The summed E-state index contributed by atoms with van der Waals surface area (Å²) in [6, 6.07) is 10.2. The quantitative estimate of drug-likeness (QED) is 0.342. The Morgan fingerprint density at radius 1 is 0.833 bits per heavy atom. The van der Waals surface area contributed by atoms with Crippen molar-refractivity contribution in [3.63, 3.8) is 0 Å². The molecule has 0 aliphatic carbocycles. The predicted octanol–water partition coefficient (Wildman–Crippen LogP) is 2.97. The zero-order valence-electron chi connectivity index (χ0n) is 12.3. The summed E-state index contributed by atoms with van der Waals surface area (Å²) in [5, 5.41) is 22.9. The Balaban J connectivity index is 2.00. The fraction of sp³-hybridized carbons (Fsp3) is 0.0556. The SMILES string of the molecule is O=c1[nH]c2c3cc4c(cc3ccc2c2cc(O)c(O)cc12)OCO4. The third kappa shape index (κ3) is 1.62. The van der Waals surface area contributed by atoms with Gasteiger partial charge in [-0.15, -0.1) is 0 Å². The van der Waals surface area contributed by atoms with Crippen molar-refractivity contribution in [2.45, 2.75) is 0 Å². The first-order chi connectivity index (χ1) is 11.6. The summed E-state index contributed by atoms with van der Waals surface area (Å²) >= 11 is 0. The number of phenols is 2. The summed E-state index contributed by atoms with van der Waals surface area (Å²) in [7, 11) is 0. The van der Waals surface area contributed by atoms with Crippen molar-refractivity contribution >= 4 is 32.4 Å². The van der Waals surface area contributed by atoms with E-state index >= 15 is 0 Å². The Hall–Kier alpha value is -3.41. The lowest BCUT2D eigenvalue weighted by Crippen LogP contribution is -2.06. The summed E-state index contributed by atoms with van der Waals surface area (Å²) in [6.07, 6.45) is 0. The van der Waals surface area contributed by atoms with Crippen LogP contribution >= 0.6 is 0 Å². The summed E-state index contributed by atoms with van der Waals surface area (Å²) in [4.78, 5) is 15.3. The van der Waals surface area contributed by atoms with Gasteiger partial charge in [-0.1, -0.05) is 12.1 Å². The van der Waals surface area contributed by atoms with Crippen molar-refractivity contribution < 1.29 is 19.7 Å². The molecule has 0 spiro atoms. The number of H-pyrrole nitrogens is 1. The fourth-order valence-corrected chi connectivity index (χ4v) is 3.24. The zero-order chi connectivity index (χ0) is 16.4. The number of pyridine rings is 1. The van der Waals surface area contributed by atoms with E-state index in [2.05, 4.69) is 4.98 Å². The van der Waals surface area contributed by atoms with E-state index in [1.54, 1.807) is 0 Å². The molecule has 0 unspecified atom stereocenters. The minimum absolute atomic E-state index is 0.177. The summed E-state index contributed by atoms with van der Waals surface area (Å²) in [5.41, 5.74) is 0.311. The highest BCUT2D eigenvalue weighted by Gasteiger charge is 2.17. The van der Waals surface area contributed by atoms with E-state index < -0.39 is 0 Å². The molecular formula is C18H11NO5. The van der Waals surface area contributed by atoms with Gasteiger partial charge < -0.3 is 24.7 Å². The van der Waals surface area contributed by atoms with Crippen LogP contribution in [0.3, 0.4) is 0 Å². The third-order valence-corrected chi connectivity index (χ3v) is 4.40.